The third-order valence-corrected chi connectivity index (χ3v) is 13.0. The molecule has 5 heteroatoms. The molecule has 1 radical (unpaired) electrons. The van der Waals surface area contributed by atoms with Gasteiger partial charge in [-0.15, -0.1) is 0 Å². The van der Waals surface area contributed by atoms with Crippen LogP contribution in [0.25, 0.3) is 10.6 Å². The third kappa shape index (κ3) is 5.55. The van der Waals surface area contributed by atoms with Gasteiger partial charge in [0.25, 0.3) is 0 Å². The Morgan fingerprint density at radius 3 is 0.829 bits per heavy atom. The van der Waals surface area contributed by atoms with Crippen molar-refractivity contribution in [3.63, 3.8) is 0 Å². The zero-order valence-electron chi connectivity index (χ0n) is 22.2. The molecule has 0 N–H and O–H groups in total. The van der Waals surface area contributed by atoms with Crippen molar-refractivity contribution in [2.24, 2.45) is 0 Å². The smallest absolute Gasteiger partial charge is 0.102 e. The van der Waals surface area contributed by atoms with Crippen molar-refractivity contribution in [1.29, 1.82) is 0 Å². The van der Waals surface area contributed by atoms with Crippen LogP contribution >= 0.6 is 15.8 Å². The van der Waals surface area contributed by atoms with E-state index in [1.54, 1.807) is 0 Å². The molecule has 203 valence electrons. The first-order valence-corrected chi connectivity index (χ1v) is 16.5. The zero-order chi connectivity index (χ0) is 26.7. The second kappa shape index (κ2) is 12.6. The van der Waals surface area contributed by atoms with Gasteiger partial charge in [0, 0.05) is 22.4 Å². The molecular formula is C36H28AgN2P2. The first kappa shape index (κ1) is 27.7. The van der Waals surface area contributed by atoms with Crippen LogP contribution in [-0.4, -0.2) is 0 Å². The number of fused-ring (bicyclic) bond motifs is 4. The van der Waals surface area contributed by atoms with E-state index in [0.29, 0.717) is 0 Å². The molecule has 0 saturated carbocycles. The van der Waals surface area contributed by atoms with Crippen LogP contribution in [0.5, 0.6) is 0 Å². The molecule has 0 bridgehead atoms. The molecule has 41 heavy (non-hydrogen) atoms. The average molecular weight is 658 g/mol. The Labute approximate surface area is 259 Å². The molecule has 0 atom stereocenters. The van der Waals surface area contributed by atoms with Gasteiger partial charge in [-0.05, 0) is 48.5 Å². The maximum absolute atomic E-state index is 5.45. The Kier molecular flexibility index (Phi) is 8.49. The van der Waals surface area contributed by atoms with Crippen LogP contribution in [0, 0.1) is 0 Å². The van der Waals surface area contributed by atoms with E-state index < -0.39 is 15.8 Å². The first-order valence-electron chi connectivity index (χ1n) is 13.5. The van der Waals surface area contributed by atoms with Crippen molar-refractivity contribution in [1.82, 2.24) is 0 Å². The summed E-state index contributed by atoms with van der Waals surface area (Å²) in [5.74, 6) is 0. The molecule has 1 heterocycles. The normalized spacial score (nSPS) is 15.5. The van der Waals surface area contributed by atoms with Gasteiger partial charge in [0.1, 0.15) is 10.6 Å². The molecule has 0 amide bonds. The van der Waals surface area contributed by atoms with E-state index in [4.69, 9.17) is 10.6 Å². The summed E-state index contributed by atoms with van der Waals surface area (Å²) in [6.07, 6.45) is 0. The maximum atomic E-state index is 5.45. The number of benzene rings is 6. The van der Waals surface area contributed by atoms with Crippen molar-refractivity contribution < 1.29 is 22.4 Å². The number of hydrogen-bond acceptors (Lipinski definition) is 0. The second-order valence-corrected chi connectivity index (χ2v) is 14.6. The number of para-hydroxylation sites is 4. The summed E-state index contributed by atoms with van der Waals surface area (Å²) in [5.41, 5.74) is 4.13. The summed E-state index contributed by atoms with van der Waals surface area (Å²) in [5, 5.41) is 18.7. The molecule has 0 spiro atoms. The summed E-state index contributed by atoms with van der Waals surface area (Å²) in [4.78, 5) is 0. The topological polar surface area (TPSA) is 28.2 Å². The molecule has 2 nitrogen and oxygen atoms in total. The molecule has 1 aliphatic heterocycles. The van der Waals surface area contributed by atoms with Crippen LogP contribution in [0.15, 0.2) is 158 Å². The van der Waals surface area contributed by atoms with Gasteiger partial charge < -0.3 is 10.6 Å². The fourth-order valence-electron chi connectivity index (χ4n) is 5.51. The molecule has 0 aliphatic carbocycles. The van der Waals surface area contributed by atoms with Crippen LogP contribution in [0.1, 0.15) is 0 Å². The summed E-state index contributed by atoms with van der Waals surface area (Å²) in [7, 11) is -2.82. The second-order valence-electron chi connectivity index (χ2n) is 9.77. The van der Waals surface area contributed by atoms with E-state index in [9.17, 15) is 0 Å². The molecular weight excluding hydrogens is 630 g/mol. The van der Waals surface area contributed by atoms with Crippen LogP contribution < -0.4 is 31.8 Å². The van der Waals surface area contributed by atoms with Crippen molar-refractivity contribution in [3.8, 4) is 0 Å². The predicted octanol–water partition coefficient (Wildman–Crippen LogP) is 7.65. The number of hydrogen-bond donors (Lipinski definition) is 0. The van der Waals surface area contributed by atoms with Gasteiger partial charge in [-0.1, -0.05) is 132 Å². The van der Waals surface area contributed by atoms with Gasteiger partial charge in [0.2, 0.25) is 0 Å². The van der Waals surface area contributed by atoms with E-state index >= 15 is 0 Å². The summed E-state index contributed by atoms with van der Waals surface area (Å²) in [6.45, 7) is 0. The maximum Gasteiger partial charge on any atom is 0.102 e. The molecule has 6 aromatic carbocycles. The van der Waals surface area contributed by atoms with Gasteiger partial charge in [0.05, 0.1) is 37.1 Å². The Bertz CT molecular complexity index is 1550. The molecule has 7 rings (SSSR count). The van der Waals surface area contributed by atoms with Crippen LogP contribution in [0.3, 0.4) is 0 Å². The van der Waals surface area contributed by atoms with Crippen LogP contribution in [0.4, 0.5) is 22.7 Å². The number of nitrogens with zero attached hydrogens (tertiary/aromatic N) is 2. The standard InChI is InChI=1S/C36H26N2P2.Ag/c1-3-15-27(16-4-1)39-33-23-11-7-19-29(33)37-31-21-9-13-25-35(31)40(28-17-5-2-6-18-28)36-26-14-10-22-32(36)38-30-20-8-12-24-34(30)39;/h1-26H;/q-2;/p+2. The molecule has 0 aromatic heterocycles. The van der Waals surface area contributed by atoms with E-state index in [1.807, 2.05) is 0 Å². The van der Waals surface area contributed by atoms with E-state index in [2.05, 4.69) is 158 Å². The fraction of sp³-hybridized carbons (Fsp3) is 0. The largest absolute Gasteiger partial charge is 0.651 e. The quantitative estimate of drug-likeness (QED) is 0.135. The SMILES string of the molecule is [Ag].c1ccc([PH+]2c3ccccc3[N-]c3ccccc3[PH+](c3ccccc3)c3ccccc3[N-]c3ccccc32)cc1. The monoisotopic (exact) mass is 657 g/mol. The van der Waals surface area contributed by atoms with Crippen LogP contribution in [0.2, 0.25) is 0 Å². The molecule has 6 aromatic rings. The molecule has 0 fully saturated rings. The summed E-state index contributed by atoms with van der Waals surface area (Å²) in [6, 6.07) is 56.5. The first-order chi connectivity index (χ1) is 19.9. The predicted molar refractivity (Wildman–Crippen MR) is 178 cm³/mol. The van der Waals surface area contributed by atoms with Crippen molar-refractivity contribution in [2.75, 3.05) is 0 Å². The molecule has 1 aliphatic rings. The van der Waals surface area contributed by atoms with Gasteiger partial charge >= 0.3 is 0 Å². The zero-order valence-corrected chi connectivity index (χ0v) is 25.7. The fourth-order valence-corrected chi connectivity index (χ4v) is 11.0. The summed E-state index contributed by atoms with van der Waals surface area (Å²) < 4.78 is 0. The Morgan fingerprint density at radius 1 is 0.293 bits per heavy atom. The Balaban J connectivity index is 0.00000302. The van der Waals surface area contributed by atoms with Gasteiger partial charge in [-0.3, -0.25) is 0 Å². The van der Waals surface area contributed by atoms with Gasteiger partial charge in [-0.25, -0.2) is 0 Å². The van der Waals surface area contributed by atoms with E-state index in [0.717, 1.165) is 22.7 Å². The molecule has 0 unspecified atom stereocenters. The van der Waals surface area contributed by atoms with Crippen LogP contribution in [-0.2, 0) is 22.4 Å². The van der Waals surface area contributed by atoms with Gasteiger partial charge in [-0.2, -0.15) is 0 Å². The minimum absolute atomic E-state index is 0. The van der Waals surface area contributed by atoms with Crippen molar-refractivity contribution >= 4 is 70.4 Å². The molecule has 0 saturated heterocycles. The number of rotatable bonds is 2. The van der Waals surface area contributed by atoms with E-state index in [-0.39, 0.29) is 22.4 Å². The van der Waals surface area contributed by atoms with Crippen molar-refractivity contribution in [3.05, 3.63) is 168 Å². The Hall–Kier alpha value is -3.48. The summed E-state index contributed by atoms with van der Waals surface area (Å²) >= 11 is 0. The minimum Gasteiger partial charge on any atom is -0.651 e. The van der Waals surface area contributed by atoms with Crippen molar-refractivity contribution in [2.45, 2.75) is 0 Å². The average Bonchev–Trinajstić information content (AvgIpc) is 3.01. The third-order valence-electron chi connectivity index (χ3n) is 7.30. The minimum atomic E-state index is -1.41. The van der Waals surface area contributed by atoms with E-state index in [1.165, 1.54) is 31.8 Å². The van der Waals surface area contributed by atoms with Gasteiger partial charge in [0.15, 0.2) is 0 Å². The Morgan fingerprint density at radius 2 is 0.537 bits per heavy atom.